The third-order valence-electron chi connectivity index (χ3n) is 5.90. The molecule has 0 saturated carbocycles. The van der Waals surface area contributed by atoms with Crippen molar-refractivity contribution in [2.75, 3.05) is 18.0 Å². The van der Waals surface area contributed by atoms with Gasteiger partial charge in [0.2, 0.25) is 5.91 Å². The van der Waals surface area contributed by atoms with Gasteiger partial charge in [-0.15, -0.1) is 11.3 Å². The third-order valence-corrected chi connectivity index (χ3v) is 7.04. The van der Waals surface area contributed by atoms with Crippen LogP contribution in [-0.2, 0) is 11.2 Å². The fraction of sp³-hybridized carbons (Fsp3) is 0.364. The van der Waals surface area contributed by atoms with E-state index in [2.05, 4.69) is 48.2 Å². The molecule has 0 aliphatic carbocycles. The molecule has 1 saturated heterocycles. The van der Waals surface area contributed by atoms with E-state index in [1.165, 1.54) is 10.3 Å². The standard InChI is InChI=1S/C22H23N3OS/c1-15(22(26)25-14-12-16-7-2-4-9-18(16)25)24-13-6-10-19(24)21-23-17-8-3-5-11-20(17)27-21/h2-5,7-9,11,15,19H,6,10,12-14H2,1H3. The van der Waals surface area contributed by atoms with Crippen molar-refractivity contribution in [2.45, 2.75) is 38.3 Å². The minimum atomic E-state index is -0.129. The molecule has 2 aliphatic rings. The smallest absolute Gasteiger partial charge is 0.244 e. The van der Waals surface area contributed by atoms with Gasteiger partial charge in [0.25, 0.3) is 0 Å². The first-order valence-corrected chi connectivity index (χ1v) is 10.5. The zero-order chi connectivity index (χ0) is 18.4. The average molecular weight is 378 g/mol. The summed E-state index contributed by atoms with van der Waals surface area (Å²) < 4.78 is 1.23. The fourth-order valence-corrected chi connectivity index (χ4v) is 5.61. The second-order valence-corrected chi connectivity index (χ2v) is 8.52. The Morgan fingerprint density at radius 1 is 1.15 bits per heavy atom. The van der Waals surface area contributed by atoms with E-state index in [1.807, 2.05) is 17.0 Å². The second kappa shape index (κ2) is 6.73. The van der Waals surface area contributed by atoms with E-state index in [1.54, 1.807) is 11.3 Å². The van der Waals surface area contributed by atoms with Gasteiger partial charge in [0.1, 0.15) is 5.01 Å². The predicted octanol–water partition coefficient (Wildman–Crippen LogP) is 4.41. The van der Waals surface area contributed by atoms with Crippen molar-refractivity contribution in [2.24, 2.45) is 0 Å². The lowest BCUT2D eigenvalue weighted by Crippen LogP contribution is -2.46. The van der Waals surface area contributed by atoms with E-state index >= 15 is 0 Å². The maximum Gasteiger partial charge on any atom is 0.244 e. The van der Waals surface area contributed by atoms with Crippen LogP contribution in [0.5, 0.6) is 0 Å². The van der Waals surface area contributed by atoms with Crippen molar-refractivity contribution in [3.63, 3.8) is 0 Å². The lowest BCUT2D eigenvalue weighted by molar-refractivity contribution is -0.123. The Bertz CT molecular complexity index is 965. The van der Waals surface area contributed by atoms with Crippen LogP contribution in [0, 0.1) is 0 Å². The Kier molecular flexibility index (Phi) is 4.21. The number of aromatic nitrogens is 1. The molecule has 1 fully saturated rings. The van der Waals surface area contributed by atoms with Crippen molar-refractivity contribution in [3.8, 4) is 0 Å². The number of thiazole rings is 1. The zero-order valence-electron chi connectivity index (χ0n) is 15.5. The number of para-hydroxylation sites is 2. The summed E-state index contributed by atoms with van der Waals surface area (Å²) in [5.74, 6) is 0.216. The normalized spacial score (nSPS) is 20.9. The summed E-state index contributed by atoms with van der Waals surface area (Å²) in [5, 5.41) is 1.15. The van der Waals surface area contributed by atoms with Crippen LogP contribution < -0.4 is 4.90 Å². The molecule has 0 radical (unpaired) electrons. The molecule has 5 rings (SSSR count). The van der Waals surface area contributed by atoms with Crippen LogP contribution in [0.15, 0.2) is 48.5 Å². The third kappa shape index (κ3) is 2.86. The van der Waals surface area contributed by atoms with Crippen LogP contribution in [0.4, 0.5) is 5.69 Å². The number of amides is 1. The Hall–Kier alpha value is -2.24. The molecule has 0 spiro atoms. The highest BCUT2D eigenvalue weighted by atomic mass is 32.1. The summed E-state index contributed by atoms with van der Waals surface area (Å²) in [5.41, 5.74) is 3.43. The molecule has 3 heterocycles. The van der Waals surface area contributed by atoms with Gasteiger partial charge in [0.05, 0.1) is 22.3 Å². The molecule has 2 unspecified atom stereocenters. The van der Waals surface area contributed by atoms with Crippen molar-refractivity contribution < 1.29 is 4.79 Å². The summed E-state index contributed by atoms with van der Waals surface area (Å²) in [6, 6.07) is 16.7. The molecule has 5 heteroatoms. The van der Waals surface area contributed by atoms with Gasteiger partial charge in [-0.3, -0.25) is 9.69 Å². The number of anilines is 1. The predicted molar refractivity (Wildman–Crippen MR) is 110 cm³/mol. The van der Waals surface area contributed by atoms with Crippen LogP contribution in [0.3, 0.4) is 0 Å². The number of nitrogens with zero attached hydrogens (tertiary/aromatic N) is 3. The highest BCUT2D eigenvalue weighted by Crippen LogP contribution is 2.38. The number of hydrogen-bond donors (Lipinski definition) is 0. The molecule has 1 amide bonds. The van der Waals surface area contributed by atoms with Gasteiger partial charge >= 0.3 is 0 Å². The van der Waals surface area contributed by atoms with Crippen molar-refractivity contribution in [3.05, 3.63) is 59.1 Å². The largest absolute Gasteiger partial charge is 0.310 e. The molecule has 4 nitrogen and oxygen atoms in total. The van der Waals surface area contributed by atoms with Gasteiger partial charge in [-0.2, -0.15) is 0 Å². The number of rotatable bonds is 3. The van der Waals surface area contributed by atoms with Gasteiger partial charge in [-0.05, 0) is 56.5 Å². The molecule has 1 aromatic heterocycles. The molecular weight excluding hydrogens is 354 g/mol. The topological polar surface area (TPSA) is 36.4 Å². The number of fused-ring (bicyclic) bond motifs is 2. The van der Waals surface area contributed by atoms with Gasteiger partial charge in [-0.25, -0.2) is 4.98 Å². The van der Waals surface area contributed by atoms with Gasteiger partial charge in [0, 0.05) is 12.2 Å². The number of likely N-dealkylation sites (tertiary alicyclic amines) is 1. The van der Waals surface area contributed by atoms with Gasteiger partial charge in [0.15, 0.2) is 0 Å². The first kappa shape index (κ1) is 16.9. The van der Waals surface area contributed by atoms with Gasteiger partial charge in [-0.1, -0.05) is 30.3 Å². The van der Waals surface area contributed by atoms with Crippen molar-refractivity contribution >= 4 is 33.1 Å². The summed E-state index contributed by atoms with van der Waals surface area (Å²) in [7, 11) is 0. The molecular formula is C22H23N3OS. The highest BCUT2D eigenvalue weighted by Gasteiger charge is 2.37. The fourth-order valence-electron chi connectivity index (χ4n) is 4.48. The van der Waals surface area contributed by atoms with E-state index in [9.17, 15) is 4.79 Å². The second-order valence-electron chi connectivity index (χ2n) is 7.46. The monoisotopic (exact) mass is 377 g/mol. The molecule has 2 aliphatic heterocycles. The first-order chi connectivity index (χ1) is 13.2. The summed E-state index contributed by atoms with van der Waals surface area (Å²) in [6.07, 6.45) is 3.15. The molecule has 0 bridgehead atoms. The minimum absolute atomic E-state index is 0.129. The first-order valence-electron chi connectivity index (χ1n) is 9.73. The zero-order valence-corrected chi connectivity index (χ0v) is 16.3. The Labute approximate surface area is 163 Å². The lowest BCUT2D eigenvalue weighted by Gasteiger charge is -2.31. The van der Waals surface area contributed by atoms with Crippen molar-refractivity contribution in [1.82, 2.24) is 9.88 Å². The van der Waals surface area contributed by atoms with Crippen LogP contribution in [0.1, 0.15) is 36.4 Å². The van der Waals surface area contributed by atoms with Crippen LogP contribution >= 0.6 is 11.3 Å². The summed E-state index contributed by atoms with van der Waals surface area (Å²) in [6.45, 7) is 3.82. The highest BCUT2D eigenvalue weighted by molar-refractivity contribution is 7.18. The number of hydrogen-bond acceptors (Lipinski definition) is 4. The molecule has 3 aromatic rings. The maximum absolute atomic E-state index is 13.3. The van der Waals surface area contributed by atoms with Crippen molar-refractivity contribution in [1.29, 1.82) is 0 Å². The van der Waals surface area contributed by atoms with Crippen LogP contribution in [-0.4, -0.2) is 34.9 Å². The molecule has 2 atom stereocenters. The Morgan fingerprint density at radius 2 is 1.96 bits per heavy atom. The molecule has 138 valence electrons. The maximum atomic E-state index is 13.3. The van der Waals surface area contributed by atoms with E-state index in [0.29, 0.717) is 0 Å². The summed E-state index contributed by atoms with van der Waals surface area (Å²) in [4.78, 5) is 22.5. The number of benzene rings is 2. The van der Waals surface area contributed by atoms with Crippen LogP contribution in [0.2, 0.25) is 0 Å². The Morgan fingerprint density at radius 3 is 2.85 bits per heavy atom. The number of carbonyl (C=O) groups is 1. The van der Waals surface area contributed by atoms with E-state index in [4.69, 9.17) is 4.98 Å². The molecule has 27 heavy (non-hydrogen) atoms. The average Bonchev–Trinajstić information content (AvgIpc) is 3.43. The number of carbonyl (C=O) groups excluding carboxylic acids is 1. The molecule has 2 aromatic carbocycles. The van der Waals surface area contributed by atoms with E-state index < -0.39 is 0 Å². The lowest BCUT2D eigenvalue weighted by atomic mass is 10.1. The van der Waals surface area contributed by atoms with Crippen LogP contribution in [0.25, 0.3) is 10.2 Å². The van der Waals surface area contributed by atoms with Gasteiger partial charge < -0.3 is 4.90 Å². The quantitative estimate of drug-likeness (QED) is 0.678. The minimum Gasteiger partial charge on any atom is -0.310 e. The van der Waals surface area contributed by atoms with E-state index in [-0.39, 0.29) is 18.0 Å². The molecule has 0 N–H and O–H groups in total. The summed E-state index contributed by atoms with van der Waals surface area (Å²) >= 11 is 1.77. The SMILES string of the molecule is CC(C(=O)N1CCc2ccccc21)N1CCCC1c1nc2ccccc2s1. The van der Waals surface area contributed by atoms with E-state index in [0.717, 1.165) is 48.6 Å². The Balaban J connectivity index is 1.40.